The van der Waals surface area contributed by atoms with Crippen molar-refractivity contribution in [2.45, 2.75) is 31.3 Å². The Hall–Kier alpha value is -2.95. The lowest BCUT2D eigenvalue weighted by molar-refractivity contribution is -0.128. The van der Waals surface area contributed by atoms with Crippen molar-refractivity contribution in [3.8, 4) is 5.75 Å². The van der Waals surface area contributed by atoms with Crippen LogP contribution < -0.4 is 15.5 Å². The van der Waals surface area contributed by atoms with Gasteiger partial charge in [-0.2, -0.15) is 0 Å². The van der Waals surface area contributed by atoms with Crippen molar-refractivity contribution in [3.05, 3.63) is 57.7 Å². The maximum Gasteiger partial charge on any atom is 0.274 e. The molecule has 0 bridgehead atoms. The van der Waals surface area contributed by atoms with Crippen LogP contribution in [0, 0.1) is 21.6 Å². The lowest BCUT2D eigenvalue weighted by atomic mass is 9.61. The molecule has 2 aromatic rings. The third-order valence-corrected chi connectivity index (χ3v) is 6.81. The molecule has 1 aromatic carbocycles. The average Bonchev–Trinajstić information content (AvgIpc) is 2.80. The maximum atomic E-state index is 14.6. The van der Waals surface area contributed by atoms with Crippen molar-refractivity contribution in [2.24, 2.45) is 5.41 Å². The van der Waals surface area contributed by atoms with E-state index in [1.165, 1.54) is 12.3 Å². The highest BCUT2D eigenvalue weighted by atomic mass is 35.5. The molecule has 0 amide bonds. The van der Waals surface area contributed by atoms with Gasteiger partial charge in [-0.1, -0.05) is 11.6 Å². The number of carbonyl (C=O) groups excluding carboxylic acids is 1. The third-order valence-electron chi connectivity index (χ3n) is 6.48. The summed E-state index contributed by atoms with van der Waals surface area (Å²) in [4.78, 5) is 13.3. The van der Waals surface area contributed by atoms with Gasteiger partial charge in [0.25, 0.3) is 5.92 Å². The first kappa shape index (κ1) is 27.6. The van der Waals surface area contributed by atoms with E-state index in [-0.39, 0.29) is 46.1 Å². The standard InChI is InChI=1S/C23H24ClF2N5O2.C2H7N/c24-19-1-2-20(17(10-27)18(19)11-32)33-16-8-22(9-16)12-30(13-22)6-4-23(25,26)15-3-5-31(14-28)21(29)7-15;1-3-2/h1-3,5,7,10-11,14,16,27-29H,4,6,8-9,12-13H2;3H,1-2H3. The minimum atomic E-state index is -3.04. The molecule has 0 radical (unpaired) electrons. The Morgan fingerprint density at radius 2 is 1.89 bits per heavy atom. The second-order valence-corrected chi connectivity index (χ2v) is 9.69. The number of halogens is 3. The highest BCUT2D eigenvalue weighted by Gasteiger charge is 2.53. The van der Waals surface area contributed by atoms with Gasteiger partial charge in [-0.15, -0.1) is 0 Å². The van der Waals surface area contributed by atoms with Gasteiger partial charge in [0.05, 0.1) is 17.5 Å². The zero-order valence-corrected chi connectivity index (χ0v) is 21.0. The Labute approximate surface area is 213 Å². The summed E-state index contributed by atoms with van der Waals surface area (Å²) in [5.41, 5.74) is 0.299. The molecular weight excluding hydrogens is 490 g/mol. The van der Waals surface area contributed by atoms with Gasteiger partial charge < -0.3 is 20.4 Å². The second kappa shape index (κ2) is 11.4. The Bertz CT molecular complexity index is 1170. The number of likely N-dealkylation sites (tertiary alicyclic amines) is 1. The zero-order valence-electron chi connectivity index (χ0n) is 20.3. The molecule has 2 fully saturated rings. The predicted octanol–water partition coefficient (Wildman–Crippen LogP) is 3.75. The molecule has 4 N–H and O–H groups in total. The number of benzene rings is 1. The van der Waals surface area contributed by atoms with E-state index in [9.17, 15) is 13.6 Å². The van der Waals surface area contributed by atoms with Crippen LogP contribution in [-0.2, 0) is 5.92 Å². The van der Waals surface area contributed by atoms with Gasteiger partial charge in [0.15, 0.2) is 6.29 Å². The van der Waals surface area contributed by atoms with Crippen molar-refractivity contribution in [1.29, 1.82) is 16.2 Å². The monoisotopic (exact) mass is 520 g/mol. The highest BCUT2D eigenvalue weighted by molar-refractivity contribution is 6.33. The van der Waals surface area contributed by atoms with Crippen LogP contribution in [0.5, 0.6) is 5.75 Å². The molecule has 2 heterocycles. The largest absolute Gasteiger partial charge is 0.490 e. The van der Waals surface area contributed by atoms with Gasteiger partial charge in [0.2, 0.25) is 0 Å². The number of nitrogens with one attached hydrogen (secondary N) is 4. The van der Waals surface area contributed by atoms with E-state index in [0.29, 0.717) is 17.6 Å². The SMILES string of the molecule is CNC.N=Cc1c(OC2CC3(C2)CN(CCC(F)(F)c2ccn(C=N)c(=N)c2)C3)ccc(Cl)c1C=O. The fraction of sp³-hybridized carbons (Fsp3) is 0.440. The molecule has 1 aliphatic carbocycles. The van der Waals surface area contributed by atoms with Gasteiger partial charge in [-0.05, 0) is 51.2 Å². The van der Waals surface area contributed by atoms with Crippen LogP contribution in [0.3, 0.4) is 0 Å². The van der Waals surface area contributed by atoms with E-state index < -0.39 is 5.92 Å². The fourth-order valence-corrected chi connectivity index (χ4v) is 4.95. The van der Waals surface area contributed by atoms with E-state index in [1.54, 1.807) is 12.1 Å². The Morgan fingerprint density at radius 3 is 2.44 bits per heavy atom. The zero-order chi connectivity index (χ0) is 26.5. The molecule has 1 saturated carbocycles. The Morgan fingerprint density at radius 1 is 1.22 bits per heavy atom. The summed E-state index contributed by atoms with van der Waals surface area (Å²) < 4.78 is 36.3. The molecule has 194 valence electrons. The number of aromatic nitrogens is 1. The van der Waals surface area contributed by atoms with Crippen LogP contribution in [0.15, 0.2) is 30.5 Å². The summed E-state index contributed by atoms with van der Waals surface area (Å²) in [7, 11) is 3.75. The summed E-state index contributed by atoms with van der Waals surface area (Å²) >= 11 is 6.01. The van der Waals surface area contributed by atoms with Crippen LogP contribution in [-0.4, -0.2) is 68.1 Å². The first-order valence-corrected chi connectivity index (χ1v) is 11.9. The third kappa shape index (κ3) is 5.88. The first-order valence-electron chi connectivity index (χ1n) is 11.5. The Balaban J connectivity index is 0.00000115. The average molecular weight is 521 g/mol. The van der Waals surface area contributed by atoms with E-state index in [1.807, 2.05) is 19.0 Å². The minimum absolute atomic E-state index is 0.0479. The minimum Gasteiger partial charge on any atom is -0.490 e. The van der Waals surface area contributed by atoms with Crippen molar-refractivity contribution in [3.63, 3.8) is 0 Å². The van der Waals surface area contributed by atoms with Crippen LogP contribution in [0.25, 0.3) is 0 Å². The summed E-state index contributed by atoms with van der Waals surface area (Å²) in [6, 6.07) is 5.59. The summed E-state index contributed by atoms with van der Waals surface area (Å²) in [6.45, 7) is 1.71. The van der Waals surface area contributed by atoms with Gasteiger partial charge >= 0.3 is 0 Å². The van der Waals surface area contributed by atoms with Gasteiger partial charge in [0, 0.05) is 60.6 Å². The number of hydrogen-bond acceptors (Lipinski definition) is 7. The first-order chi connectivity index (χ1) is 17.1. The van der Waals surface area contributed by atoms with Gasteiger partial charge in [-0.25, -0.2) is 8.78 Å². The number of nitrogens with zero attached hydrogens (tertiary/aromatic N) is 2. The normalized spacial score (nSPS) is 16.8. The van der Waals surface area contributed by atoms with E-state index in [2.05, 4.69) is 5.32 Å². The van der Waals surface area contributed by atoms with E-state index in [0.717, 1.165) is 49.1 Å². The summed E-state index contributed by atoms with van der Waals surface area (Å²) in [5.74, 6) is -2.59. The molecule has 1 aromatic heterocycles. The van der Waals surface area contributed by atoms with E-state index in [4.69, 9.17) is 32.6 Å². The molecule has 11 heteroatoms. The quantitative estimate of drug-likeness (QED) is 0.229. The number of alkyl halides is 2. The lowest BCUT2D eigenvalue weighted by Gasteiger charge is -2.59. The summed E-state index contributed by atoms with van der Waals surface area (Å²) in [6.07, 6.45) is 5.08. The summed E-state index contributed by atoms with van der Waals surface area (Å²) in [5, 5.41) is 25.5. The smallest absolute Gasteiger partial charge is 0.274 e. The van der Waals surface area contributed by atoms with Crippen LogP contribution in [0.2, 0.25) is 5.02 Å². The van der Waals surface area contributed by atoms with Crippen LogP contribution >= 0.6 is 11.6 Å². The van der Waals surface area contributed by atoms with Crippen LogP contribution in [0.4, 0.5) is 8.78 Å². The van der Waals surface area contributed by atoms with Crippen molar-refractivity contribution >= 4 is 30.4 Å². The molecule has 0 unspecified atom stereocenters. The second-order valence-electron chi connectivity index (χ2n) is 9.29. The number of carbonyl (C=O) groups is 1. The topological polar surface area (TPSA) is 118 Å². The molecule has 8 nitrogen and oxygen atoms in total. The fourth-order valence-electron chi connectivity index (χ4n) is 4.74. The number of hydrogen-bond donors (Lipinski definition) is 4. The highest BCUT2D eigenvalue weighted by Crippen LogP contribution is 2.50. The number of rotatable bonds is 9. The molecule has 1 aliphatic heterocycles. The molecule has 4 rings (SSSR count). The van der Waals surface area contributed by atoms with Crippen molar-refractivity contribution < 1.29 is 18.3 Å². The van der Waals surface area contributed by atoms with Crippen molar-refractivity contribution in [1.82, 2.24) is 14.8 Å². The number of pyridine rings is 1. The molecular formula is C25H31ClF2N6O2. The maximum absolute atomic E-state index is 14.6. The van der Waals surface area contributed by atoms with Crippen molar-refractivity contribution in [2.75, 3.05) is 33.7 Å². The molecule has 1 spiro atoms. The Kier molecular flexibility index (Phi) is 8.76. The molecule has 0 atom stereocenters. The molecule has 36 heavy (non-hydrogen) atoms. The lowest BCUT2D eigenvalue weighted by Crippen LogP contribution is -2.64. The van der Waals surface area contributed by atoms with Crippen LogP contribution in [0.1, 0.15) is 40.7 Å². The number of ether oxygens (including phenoxy) is 1. The predicted molar refractivity (Wildman–Crippen MR) is 135 cm³/mol. The molecule has 2 aliphatic rings. The van der Waals surface area contributed by atoms with Gasteiger partial charge in [0.1, 0.15) is 11.2 Å². The number of aldehydes is 1. The molecule has 1 saturated heterocycles. The van der Waals surface area contributed by atoms with Gasteiger partial charge in [-0.3, -0.25) is 20.2 Å². The van der Waals surface area contributed by atoms with E-state index >= 15 is 0 Å².